The van der Waals surface area contributed by atoms with Gasteiger partial charge in [0.15, 0.2) is 12.4 Å². The van der Waals surface area contributed by atoms with Gasteiger partial charge in [-0.2, -0.15) is 0 Å². The van der Waals surface area contributed by atoms with Gasteiger partial charge in [-0.3, -0.25) is 4.79 Å². The van der Waals surface area contributed by atoms with Crippen molar-refractivity contribution in [2.24, 2.45) is 0 Å². The highest BCUT2D eigenvalue weighted by Crippen LogP contribution is 2.21. The number of hydrogen-bond acceptors (Lipinski definition) is 6. The number of aryl methyl sites for hydroxylation is 3. The lowest BCUT2D eigenvalue weighted by atomic mass is 10.0. The molecular formula is C20H20N2O3S. The maximum absolute atomic E-state index is 12.4. The van der Waals surface area contributed by atoms with Crippen LogP contribution < -0.4 is 4.74 Å². The second kappa shape index (κ2) is 8.19. The minimum Gasteiger partial charge on any atom is -0.484 e. The lowest BCUT2D eigenvalue weighted by molar-refractivity contribution is 0.102. The molecule has 26 heavy (non-hydrogen) atoms. The molecule has 0 saturated heterocycles. The third kappa shape index (κ3) is 4.73. The first kappa shape index (κ1) is 18.2. The fourth-order valence-corrected chi connectivity index (χ4v) is 3.20. The predicted octanol–water partition coefficient (Wildman–Crippen LogP) is 4.55. The van der Waals surface area contributed by atoms with Crippen LogP contribution >= 0.6 is 11.8 Å². The number of ketones is 1. The Balaban J connectivity index is 1.54. The van der Waals surface area contributed by atoms with E-state index in [4.69, 9.17) is 9.15 Å². The topological polar surface area (TPSA) is 65.2 Å². The van der Waals surface area contributed by atoms with Crippen LogP contribution in [0, 0.1) is 20.8 Å². The summed E-state index contributed by atoms with van der Waals surface area (Å²) in [5, 5.41) is 8.29. The van der Waals surface area contributed by atoms with Crippen LogP contribution in [0.2, 0.25) is 0 Å². The Morgan fingerprint density at radius 3 is 2.65 bits per heavy atom. The summed E-state index contributed by atoms with van der Waals surface area (Å²) in [6, 6.07) is 13.6. The molecule has 0 saturated carbocycles. The van der Waals surface area contributed by atoms with Crippen LogP contribution in [0.4, 0.5) is 0 Å². The quantitative estimate of drug-likeness (QED) is 0.450. The summed E-state index contributed by atoms with van der Waals surface area (Å²) in [6.07, 6.45) is 0. The van der Waals surface area contributed by atoms with E-state index in [9.17, 15) is 4.79 Å². The maximum atomic E-state index is 12.4. The molecule has 3 rings (SSSR count). The number of ether oxygens (including phenoxy) is 1. The Bertz CT molecular complexity index is 921. The molecule has 0 unspecified atom stereocenters. The van der Waals surface area contributed by atoms with E-state index in [-0.39, 0.29) is 18.1 Å². The first-order valence-electron chi connectivity index (χ1n) is 8.26. The monoisotopic (exact) mass is 368 g/mol. The van der Waals surface area contributed by atoms with Crippen molar-refractivity contribution >= 4 is 17.5 Å². The van der Waals surface area contributed by atoms with Crippen molar-refractivity contribution in [1.82, 2.24) is 10.2 Å². The summed E-state index contributed by atoms with van der Waals surface area (Å²) < 4.78 is 11.2. The fourth-order valence-electron chi connectivity index (χ4n) is 2.54. The van der Waals surface area contributed by atoms with Crippen molar-refractivity contribution in [3.05, 3.63) is 70.6 Å². The van der Waals surface area contributed by atoms with Crippen LogP contribution in [0.25, 0.3) is 0 Å². The molecule has 0 spiro atoms. The normalized spacial score (nSPS) is 10.7. The van der Waals surface area contributed by atoms with Crippen molar-refractivity contribution in [2.75, 3.05) is 5.75 Å². The second-order valence-electron chi connectivity index (χ2n) is 6.10. The van der Waals surface area contributed by atoms with Crippen LogP contribution in [0.1, 0.15) is 32.9 Å². The van der Waals surface area contributed by atoms with E-state index < -0.39 is 0 Å². The van der Waals surface area contributed by atoms with Crippen molar-refractivity contribution < 1.29 is 13.9 Å². The first-order valence-corrected chi connectivity index (χ1v) is 9.25. The molecule has 1 heterocycles. The number of carbonyl (C=O) groups is 1. The lowest BCUT2D eigenvalue weighted by Crippen LogP contribution is -2.04. The highest BCUT2D eigenvalue weighted by Gasteiger charge is 2.13. The van der Waals surface area contributed by atoms with Gasteiger partial charge in [0.05, 0.1) is 5.75 Å². The summed E-state index contributed by atoms with van der Waals surface area (Å²) in [5.41, 5.74) is 3.97. The summed E-state index contributed by atoms with van der Waals surface area (Å²) >= 11 is 1.24. The molecule has 0 bridgehead atoms. The maximum Gasteiger partial charge on any atom is 0.277 e. The van der Waals surface area contributed by atoms with Gasteiger partial charge in [-0.1, -0.05) is 47.7 Å². The molecular weight excluding hydrogens is 348 g/mol. The van der Waals surface area contributed by atoms with Gasteiger partial charge in [0.25, 0.3) is 11.1 Å². The number of aromatic nitrogens is 2. The van der Waals surface area contributed by atoms with E-state index in [0.29, 0.717) is 11.1 Å². The molecule has 0 aliphatic rings. The summed E-state index contributed by atoms with van der Waals surface area (Å²) in [5.74, 6) is 1.43. The summed E-state index contributed by atoms with van der Waals surface area (Å²) in [6.45, 7) is 6.15. The number of rotatable bonds is 7. The van der Waals surface area contributed by atoms with Gasteiger partial charge in [-0.25, -0.2) is 0 Å². The molecule has 3 aromatic rings. The Hall–Kier alpha value is -2.60. The van der Waals surface area contributed by atoms with Gasteiger partial charge in [-0.15, -0.1) is 10.2 Å². The Kier molecular flexibility index (Phi) is 5.73. The number of nitrogens with zero attached hydrogens (tertiary/aromatic N) is 2. The van der Waals surface area contributed by atoms with E-state index in [2.05, 4.69) is 10.2 Å². The number of thioether (sulfide) groups is 1. The summed E-state index contributed by atoms with van der Waals surface area (Å²) in [7, 11) is 0. The summed E-state index contributed by atoms with van der Waals surface area (Å²) in [4.78, 5) is 12.4. The molecule has 0 fully saturated rings. The standard InChI is InChI=1S/C20H20N2O3S/c1-13-5-4-6-16(10-13)24-11-19-21-22-20(25-19)26-12-18(23)17-8-7-14(2)9-15(17)3/h4-10H,11-12H2,1-3H3. The van der Waals surface area contributed by atoms with Gasteiger partial charge >= 0.3 is 0 Å². The third-order valence-corrected chi connectivity index (χ3v) is 4.63. The SMILES string of the molecule is Cc1cccc(OCc2nnc(SCC(=O)c3ccc(C)cc3C)o2)c1. The fraction of sp³-hybridized carbons (Fsp3) is 0.250. The van der Waals surface area contributed by atoms with Crippen LogP contribution in [0.15, 0.2) is 52.1 Å². The molecule has 0 N–H and O–H groups in total. The number of benzene rings is 2. The minimum absolute atomic E-state index is 0.0447. The van der Waals surface area contributed by atoms with Gasteiger partial charge in [0.1, 0.15) is 5.75 Å². The molecule has 0 atom stereocenters. The van der Waals surface area contributed by atoms with E-state index in [1.54, 1.807) is 0 Å². The van der Waals surface area contributed by atoms with E-state index in [1.807, 2.05) is 63.2 Å². The predicted molar refractivity (Wildman–Crippen MR) is 101 cm³/mol. The number of hydrogen-bond donors (Lipinski definition) is 0. The Morgan fingerprint density at radius 2 is 1.88 bits per heavy atom. The van der Waals surface area contributed by atoms with Crippen molar-refractivity contribution in [3.8, 4) is 5.75 Å². The molecule has 6 heteroatoms. The number of Topliss-reactive ketones (excluding diaryl/α,β-unsaturated/α-hetero) is 1. The largest absolute Gasteiger partial charge is 0.484 e. The second-order valence-corrected chi connectivity index (χ2v) is 7.02. The average molecular weight is 368 g/mol. The van der Waals surface area contributed by atoms with Crippen LogP contribution in [0.3, 0.4) is 0 Å². The van der Waals surface area contributed by atoms with Gasteiger partial charge in [0, 0.05) is 5.56 Å². The Morgan fingerprint density at radius 1 is 1.08 bits per heavy atom. The molecule has 5 nitrogen and oxygen atoms in total. The van der Waals surface area contributed by atoms with Crippen LogP contribution in [0.5, 0.6) is 5.75 Å². The molecule has 0 aliphatic carbocycles. The zero-order chi connectivity index (χ0) is 18.5. The van der Waals surface area contributed by atoms with Gasteiger partial charge in [0.2, 0.25) is 0 Å². The first-order chi connectivity index (χ1) is 12.5. The molecule has 0 amide bonds. The van der Waals surface area contributed by atoms with Crippen LogP contribution in [-0.4, -0.2) is 21.7 Å². The number of carbonyl (C=O) groups excluding carboxylic acids is 1. The average Bonchev–Trinajstić information content (AvgIpc) is 3.06. The molecule has 134 valence electrons. The van der Waals surface area contributed by atoms with E-state index in [0.717, 1.165) is 28.0 Å². The van der Waals surface area contributed by atoms with Crippen molar-refractivity contribution in [1.29, 1.82) is 0 Å². The Labute approximate surface area is 156 Å². The third-order valence-electron chi connectivity index (χ3n) is 3.81. The molecule has 0 aliphatic heterocycles. The lowest BCUT2D eigenvalue weighted by Gasteiger charge is -2.05. The molecule has 2 aromatic carbocycles. The van der Waals surface area contributed by atoms with Crippen molar-refractivity contribution in [3.63, 3.8) is 0 Å². The van der Waals surface area contributed by atoms with E-state index >= 15 is 0 Å². The minimum atomic E-state index is 0.0447. The smallest absolute Gasteiger partial charge is 0.277 e. The van der Waals surface area contributed by atoms with Crippen molar-refractivity contribution in [2.45, 2.75) is 32.6 Å². The highest BCUT2D eigenvalue weighted by molar-refractivity contribution is 7.99. The highest BCUT2D eigenvalue weighted by atomic mass is 32.2. The molecule has 1 aromatic heterocycles. The van der Waals surface area contributed by atoms with Crippen LogP contribution in [-0.2, 0) is 6.61 Å². The molecule has 0 radical (unpaired) electrons. The van der Waals surface area contributed by atoms with Gasteiger partial charge < -0.3 is 9.15 Å². The van der Waals surface area contributed by atoms with Gasteiger partial charge in [-0.05, 0) is 44.0 Å². The van der Waals surface area contributed by atoms with E-state index in [1.165, 1.54) is 11.8 Å². The zero-order valence-corrected chi connectivity index (χ0v) is 15.8. The zero-order valence-electron chi connectivity index (χ0n) is 15.0.